The molecule has 0 amide bonds. The molecular weight excluding hydrogens is 579 g/mol. The lowest BCUT2D eigenvalue weighted by Crippen LogP contribution is -2.20. The first-order valence-electron chi connectivity index (χ1n) is 16.1. The van der Waals surface area contributed by atoms with Gasteiger partial charge in [-0.1, -0.05) is 98.8 Å². The molecule has 2 aromatic heterocycles. The van der Waals surface area contributed by atoms with E-state index >= 15 is 0 Å². The van der Waals surface area contributed by atoms with Crippen LogP contribution in [0.2, 0.25) is 0 Å². The molecular formula is C43H31NOS. The Kier molecular flexibility index (Phi) is 5.37. The SMILES string of the molecule is CC1(C)c2ccccc2-c2c(N(C3=Cc4sc5ccc6ccccc6c5c4CC3)c3ccc4c(c3)oc3ccccc34)cccc21. The molecule has 10 rings (SSSR count). The molecule has 0 aliphatic heterocycles. The molecule has 2 nitrogen and oxygen atoms in total. The van der Waals surface area contributed by atoms with Crippen LogP contribution in [0.3, 0.4) is 0 Å². The van der Waals surface area contributed by atoms with Gasteiger partial charge in [-0.25, -0.2) is 0 Å². The second-order valence-electron chi connectivity index (χ2n) is 13.2. The maximum absolute atomic E-state index is 6.44. The van der Waals surface area contributed by atoms with Crippen LogP contribution < -0.4 is 4.90 Å². The number of hydrogen-bond donors (Lipinski definition) is 0. The highest BCUT2D eigenvalue weighted by Gasteiger charge is 2.38. The minimum atomic E-state index is -0.0725. The summed E-state index contributed by atoms with van der Waals surface area (Å²) in [6, 6.07) is 44.4. The smallest absolute Gasteiger partial charge is 0.137 e. The van der Waals surface area contributed by atoms with Gasteiger partial charge in [-0.15, -0.1) is 11.3 Å². The van der Waals surface area contributed by atoms with Crippen LogP contribution in [0.4, 0.5) is 11.4 Å². The number of thiophene rings is 1. The molecule has 46 heavy (non-hydrogen) atoms. The minimum absolute atomic E-state index is 0.0725. The van der Waals surface area contributed by atoms with Crippen LogP contribution in [0.1, 0.15) is 41.8 Å². The van der Waals surface area contributed by atoms with Gasteiger partial charge in [-0.3, -0.25) is 0 Å². The number of benzene rings is 6. The van der Waals surface area contributed by atoms with Gasteiger partial charge in [0.25, 0.3) is 0 Å². The van der Waals surface area contributed by atoms with E-state index in [1.54, 1.807) is 0 Å². The fraction of sp³-hybridized carbons (Fsp3) is 0.116. The van der Waals surface area contributed by atoms with Gasteiger partial charge in [0.2, 0.25) is 0 Å². The standard InChI is InChI=1S/C43H31NOS/c1-43(2)34-14-7-5-13-32(34)42-35(43)15-9-16-36(42)44(27-19-21-31-30-12-6-8-17-37(30)45-38(31)24-27)28-20-22-33-40(25-28)46-39-23-18-26-10-3-4-11-29(26)41(33)39/h3-19,21,23-25H,20,22H2,1-2H3. The van der Waals surface area contributed by atoms with Gasteiger partial charge in [0, 0.05) is 54.2 Å². The molecule has 0 N–H and O–H groups in total. The van der Waals surface area contributed by atoms with E-state index in [0.717, 1.165) is 40.5 Å². The van der Waals surface area contributed by atoms with E-state index in [0.29, 0.717) is 0 Å². The van der Waals surface area contributed by atoms with Crippen molar-refractivity contribution in [2.24, 2.45) is 0 Å². The normalized spacial score (nSPS) is 14.9. The molecule has 220 valence electrons. The third-order valence-corrected chi connectivity index (χ3v) is 11.5. The largest absolute Gasteiger partial charge is 0.456 e. The Hall–Kier alpha value is -5.12. The number of furan rings is 1. The van der Waals surface area contributed by atoms with Gasteiger partial charge in [0.15, 0.2) is 0 Å². The van der Waals surface area contributed by atoms with E-state index in [1.165, 1.54) is 64.9 Å². The van der Waals surface area contributed by atoms with Gasteiger partial charge >= 0.3 is 0 Å². The summed E-state index contributed by atoms with van der Waals surface area (Å²) < 4.78 is 7.81. The Morgan fingerprint density at radius 3 is 2.39 bits per heavy atom. The number of fused-ring (bicyclic) bond motifs is 11. The lowest BCUT2D eigenvalue weighted by atomic mass is 9.82. The van der Waals surface area contributed by atoms with Crippen molar-refractivity contribution in [1.82, 2.24) is 0 Å². The maximum Gasteiger partial charge on any atom is 0.137 e. The van der Waals surface area contributed by atoms with Gasteiger partial charge < -0.3 is 9.32 Å². The molecule has 3 heteroatoms. The lowest BCUT2D eigenvalue weighted by Gasteiger charge is -2.32. The molecule has 0 saturated heterocycles. The molecule has 2 aliphatic rings. The quantitative estimate of drug-likeness (QED) is 0.198. The van der Waals surface area contributed by atoms with Crippen LogP contribution >= 0.6 is 11.3 Å². The number of hydrogen-bond acceptors (Lipinski definition) is 3. The fourth-order valence-corrected chi connectivity index (χ4v) is 9.43. The average Bonchev–Trinajstić information content (AvgIpc) is 3.73. The van der Waals surface area contributed by atoms with E-state index < -0.39 is 0 Å². The van der Waals surface area contributed by atoms with Crippen LogP contribution in [-0.4, -0.2) is 0 Å². The van der Waals surface area contributed by atoms with Gasteiger partial charge in [-0.05, 0) is 82.3 Å². The monoisotopic (exact) mass is 609 g/mol. The van der Waals surface area contributed by atoms with Gasteiger partial charge in [-0.2, -0.15) is 0 Å². The number of nitrogens with zero attached hydrogens (tertiary/aromatic N) is 1. The van der Waals surface area contributed by atoms with E-state index in [2.05, 4.69) is 140 Å². The highest BCUT2D eigenvalue weighted by Crippen LogP contribution is 2.54. The van der Waals surface area contributed by atoms with Crippen molar-refractivity contribution in [3.8, 4) is 11.1 Å². The summed E-state index contributed by atoms with van der Waals surface area (Å²) in [7, 11) is 0. The second-order valence-corrected chi connectivity index (χ2v) is 14.3. The zero-order valence-corrected chi connectivity index (χ0v) is 26.6. The topological polar surface area (TPSA) is 16.4 Å². The number of para-hydroxylation sites is 1. The summed E-state index contributed by atoms with van der Waals surface area (Å²) in [5, 5.41) is 6.42. The van der Waals surface area contributed by atoms with Crippen molar-refractivity contribution >= 4 is 71.6 Å². The Bertz CT molecular complexity index is 2580. The Balaban J connectivity index is 1.23. The van der Waals surface area contributed by atoms with Crippen molar-refractivity contribution < 1.29 is 4.42 Å². The van der Waals surface area contributed by atoms with Gasteiger partial charge in [0.1, 0.15) is 11.2 Å². The number of rotatable bonds is 3. The van der Waals surface area contributed by atoms with Crippen LogP contribution in [0.5, 0.6) is 0 Å². The summed E-state index contributed by atoms with van der Waals surface area (Å²) in [6.07, 6.45) is 4.43. The van der Waals surface area contributed by atoms with E-state index in [-0.39, 0.29) is 5.41 Å². The number of anilines is 2. The molecule has 2 heterocycles. The maximum atomic E-state index is 6.44. The highest BCUT2D eigenvalue weighted by atomic mass is 32.1. The Labute approximate surface area is 271 Å². The molecule has 0 fully saturated rings. The molecule has 0 saturated carbocycles. The highest BCUT2D eigenvalue weighted by molar-refractivity contribution is 7.20. The summed E-state index contributed by atoms with van der Waals surface area (Å²) in [5.41, 5.74) is 12.4. The zero-order valence-electron chi connectivity index (χ0n) is 25.8. The van der Waals surface area contributed by atoms with Crippen LogP contribution in [-0.2, 0) is 11.8 Å². The van der Waals surface area contributed by atoms with Crippen molar-refractivity contribution in [2.45, 2.75) is 32.1 Å². The molecule has 0 atom stereocenters. The molecule has 0 radical (unpaired) electrons. The Morgan fingerprint density at radius 2 is 1.46 bits per heavy atom. The van der Waals surface area contributed by atoms with E-state index in [1.807, 2.05) is 17.4 Å². The first-order chi connectivity index (χ1) is 22.6. The third kappa shape index (κ3) is 3.58. The predicted octanol–water partition coefficient (Wildman–Crippen LogP) is 12.4. The fourth-order valence-electron chi connectivity index (χ4n) is 8.20. The first kappa shape index (κ1) is 26.1. The van der Waals surface area contributed by atoms with Gasteiger partial charge in [0.05, 0.1) is 5.69 Å². The van der Waals surface area contributed by atoms with Crippen molar-refractivity contribution in [3.63, 3.8) is 0 Å². The van der Waals surface area contributed by atoms with Crippen LogP contribution in [0, 0.1) is 0 Å². The molecule has 0 spiro atoms. The molecule has 2 aliphatic carbocycles. The van der Waals surface area contributed by atoms with Crippen molar-refractivity contribution in [1.29, 1.82) is 0 Å². The summed E-state index contributed by atoms with van der Waals surface area (Å²) in [6.45, 7) is 4.72. The molecule has 0 unspecified atom stereocenters. The predicted molar refractivity (Wildman–Crippen MR) is 195 cm³/mol. The number of aryl methyl sites for hydroxylation is 1. The molecule has 8 aromatic rings. The Morgan fingerprint density at radius 1 is 0.674 bits per heavy atom. The van der Waals surface area contributed by atoms with Crippen LogP contribution in [0.25, 0.3) is 60.0 Å². The third-order valence-electron chi connectivity index (χ3n) is 10.4. The summed E-state index contributed by atoms with van der Waals surface area (Å²) in [4.78, 5) is 3.89. The zero-order chi connectivity index (χ0) is 30.6. The molecule has 0 bridgehead atoms. The first-order valence-corrected chi connectivity index (χ1v) is 17.0. The van der Waals surface area contributed by atoms with Crippen molar-refractivity contribution in [2.75, 3.05) is 4.90 Å². The van der Waals surface area contributed by atoms with Crippen molar-refractivity contribution in [3.05, 3.63) is 149 Å². The summed E-state index contributed by atoms with van der Waals surface area (Å²) >= 11 is 1.92. The average molecular weight is 610 g/mol. The van der Waals surface area contributed by atoms with E-state index in [4.69, 9.17) is 4.42 Å². The van der Waals surface area contributed by atoms with Crippen LogP contribution in [0.15, 0.2) is 131 Å². The summed E-state index contributed by atoms with van der Waals surface area (Å²) in [5.74, 6) is 0. The number of allylic oxidation sites excluding steroid dienone is 1. The lowest BCUT2D eigenvalue weighted by molar-refractivity contribution is 0.660. The van der Waals surface area contributed by atoms with E-state index in [9.17, 15) is 0 Å². The molecule has 6 aromatic carbocycles. The second kappa shape index (κ2) is 9.45. The minimum Gasteiger partial charge on any atom is -0.456 e.